The van der Waals surface area contributed by atoms with Crippen LogP contribution in [-0.2, 0) is 14.8 Å². The maximum Gasteiger partial charge on any atom is 0.231 e. The number of piperidine rings is 1. The SMILES string of the molecule is CS(=O)(=O)N1CC2CCN(c3cccnc3)C(=O)C2C1. The molecule has 2 fully saturated rings. The van der Waals surface area contributed by atoms with E-state index in [1.807, 2.05) is 6.07 Å². The Bertz CT molecular complexity index is 617. The van der Waals surface area contributed by atoms with Crippen LogP contribution in [0.4, 0.5) is 5.69 Å². The summed E-state index contributed by atoms with van der Waals surface area (Å²) in [5.74, 6) is -0.0655. The summed E-state index contributed by atoms with van der Waals surface area (Å²) >= 11 is 0. The van der Waals surface area contributed by atoms with Crippen LogP contribution in [0.25, 0.3) is 0 Å². The fourth-order valence-corrected chi connectivity index (χ4v) is 3.94. The first-order chi connectivity index (χ1) is 9.47. The zero-order valence-electron chi connectivity index (χ0n) is 11.3. The van der Waals surface area contributed by atoms with Crippen molar-refractivity contribution in [2.45, 2.75) is 6.42 Å². The van der Waals surface area contributed by atoms with Crippen LogP contribution >= 0.6 is 0 Å². The third-order valence-electron chi connectivity index (χ3n) is 4.14. The molecule has 2 unspecified atom stereocenters. The van der Waals surface area contributed by atoms with E-state index in [1.165, 1.54) is 10.6 Å². The molecular weight excluding hydrogens is 278 g/mol. The van der Waals surface area contributed by atoms with Gasteiger partial charge in [-0.3, -0.25) is 9.78 Å². The van der Waals surface area contributed by atoms with E-state index < -0.39 is 10.0 Å². The summed E-state index contributed by atoms with van der Waals surface area (Å²) < 4.78 is 24.7. The third-order valence-corrected chi connectivity index (χ3v) is 5.38. The first-order valence-corrected chi connectivity index (χ1v) is 8.48. The zero-order valence-corrected chi connectivity index (χ0v) is 12.1. The minimum absolute atomic E-state index is 0.0143. The number of fused-ring (bicyclic) bond motifs is 1. The topological polar surface area (TPSA) is 70.6 Å². The molecule has 1 aromatic rings. The number of nitrogens with zero attached hydrogens (tertiary/aromatic N) is 3. The molecule has 1 amide bonds. The molecule has 0 spiro atoms. The Labute approximate surface area is 118 Å². The van der Waals surface area contributed by atoms with E-state index in [0.717, 1.165) is 12.1 Å². The summed E-state index contributed by atoms with van der Waals surface area (Å²) in [5, 5.41) is 0. The molecule has 0 aromatic carbocycles. The summed E-state index contributed by atoms with van der Waals surface area (Å²) in [7, 11) is -3.22. The number of hydrogen-bond acceptors (Lipinski definition) is 4. The molecule has 0 saturated carbocycles. The van der Waals surface area contributed by atoms with Gasteiger partial charge in [0.15, 0.2) is 0 Å². The predicted molar refractivity (Wildman–Crippen MR) is 74.6 cm³/mol. The van der Waals surface area contributed by atoms with Crippen molar-refractivity contribution in [3.8, 4) is 0 Å². The van der Waals surface area contributed by atoms with E-state index in [2.05, 4.69) is 4.98 Å². The number of carbonyl (C=O) groups excluding carboxylic acids is 1. The highest BCUT2D eigenvalue weighted by atomic mass is 32.2. The number of rotatable bonds is 2. The Morgan fingerprint density at radius 2 is 2.15 bits per heavy atom. The van der Waals surface area contributed by atoms with E-state index in [0.29, 0.717) is 19.6 Å². The molecule has 2 aliphatic heterocycles. The Morgan fingerprint density at radius 3 is 2.80 bits per heavy atom. The highest BCUT2D eigenvalue weighted by molar-refractivity contribution is 7.88. The van der Waals surface area contributed by atoms with Gasteiger partial charge < -0.3 is 4.90 Å². The van der Waals surface area contributed by atoms with Crippen molar-refractivity contribution in [2.75, 3.05) is 30.8 Å². The van der Waals surface area contributed by atoms with Crippen molar-refractivity contribution in [3.63, 3.8) is 0 Å². The fourth-order valence-electron chi connectivity index (χ4n) is 3.05. The molecule has 2 atom stereocenters. The molecule has 108 valence electrons. The summed E-state index contributed by atoms with van der Waals surface area (Å²) in [6.07, 6.45) is 5.37. The smallest absolute Gasteiger partial charge is 0.231 e. The summed E-state index contributed by atoms with van der Waals surface area (Å²) in [5.41, 5.74) is 0.786. The van der Waals surface area contributed by atoms with Gasteiger partial charge in [0.2, 0.25) is 15.9 Å². The lowest BCUT2D eigenvalue weighted by atomic mass is 9.88. The van der Waals surface area contributed by atoms with Gasteiger partial charge >= 0.3 is 0 Å². The summed E-state index contributed by atoms with van der Waals surface area (Å²) in [6.45, 7) is 1.40. The molecule has 3 heterocycles. The van der Waals surface area contributed by atoms with Crippen LogP contribution in [0.15, 0.2) is 24.5 Å². The molecule has 2 aliphatic rings. The van der Waals surface area contributed by atoms with Crippen molar-refractivity contribution >= 4 is 21.6 Å². The number of carbonyl (C=O) groups is 1. The quantitative estimate of drug-likeness (QED) is 0.788. The van der Waals surface area contributed by atoms with Crippen molar-refractivity contribution in [2.24, 2.45) is 11.8 Å². The first-order valence-electron chi connectivity index (χ1n) is 6.63. The molecule has 0 bridgehead atoms. The highest BCUT2D eigenvalue weighted by Gasteiger charge is 2.45. The lowest BCUT2D eigenvalue weighted by molar-refractivity contribution is -0.124. The molecule has 0 radical (unpaired) electrons. The monoisotopic (exact) mass is 295 g/mol. The van der Waals surface area contributed by atoms with Crippen LogP contribution in [0.1, 0.15) is 6.42 Å². The number of anilines is 1. The molecule has 2 saturated heterocycles. The molecule has 0 aliphatic carbocycles. The number of aromatic nitrogens is 1. The normalized spacial score (nSPS) is 27.6. The minimum atomic E-state index is -3.22. The molecule has 20 heavy (non-hydrogen) atoms. The number of hydrogen-bond donors (Lipinski definition) is 0. The van der Waals surface area contributed by atoms with Crippen LogP contribution in [0.2, 0.25) is 0 Å². The largest absolute Gasteiger partial charge is 0.311 e. The summed E-state index contributed by atoms with van der Waals surface area (Å²) in [4.78, 5) is 18.3. The molecule has 0 N–H and O–H groups in total. The number of amides is 1. The fraction of sp³-hybridized carbons (Fsp3) is 0.538. The molecule has 7 heteroatoms. The molecule has 1 aromatic heterocycles. The minimum Gasteiger partial charge on any atom is -0.311 e. The van der Waals surface area contributed by atoms with Gasteiger partial charge in [-0.25, -0.2) is 12.7 Å². The summed E-state index contributed by atoms with van der Waals surface area (Å²) in [6, 6.07) is 3.65. The van der Waals surface area contributed by atoms with Crippen LogP contribution in [0.3, 0.4) is 0 Å². The van der Waals surface area contributed by atoms with E-state index >= 15 is 0 Å². The van der Waals surface area contributed by atoms with Crippen molar-refractivity contribution in [1.29, 1.82) is 0 Å². The third kappa shape index (κ3) is 2.31. The Hall–Kier alpha value is -1.47. The molecular formula is C13H17N3O3S. The molecule has 3 rings (SSSR count). The van der Waals surface area contributed by atoms with E-state index in [4.69, 9.17) is 0 Å². The lowest BCUT2D eigenvalue weighted by Gasteiger charge is -2.33. The van der Waals surface area contributed by atoms with E-state index in [9.17, 15) is 13.2 Å². The Kier molecular flexibility index (Phi) is 3.25. The number of pyridine rings is 1. The van der Waals surface area contributed by atoms with E-state index in [-0.39, 0.29) is 17.7 Å². The van der Waals surface area contributed by atoms with Crippen LogP contribution in [0.5, 0.6) is 0 Å². The van der Waals surface area contributed by atoms with Crippen molar-refractivity contribution in [3.05, 3.63) is 24.5 Å². The van der Waals surface area contributed by atoms with Gasteiger partial charge in [-0.15, -0.1) is 0 Å². The van der Waals surface area contributed by atoms with Gasteiger partial charge in [-0.1, -0.05) is 0 Å². The highest BCUT2D eigenvalue weighted by Crippen LogP contribution is 2.34. The van der Waals surface area contributed by atoms with Crippen molar-refractivity contribution in [1.82, 2.24) is 9.29 Å². The average Bonchev–Trinajstić information content (AvgIpc) is 2.85. The van der Waals surface area contributed by atoms with E-state index in [1.54, 1.807) is 23.4 Å². The standard InChI is InChI=1S/C13H17N3O3S/c1-20(18,19)15-8-10-4-6-16(13(17)12(10)9-15)11-3-2-5-14-7-11/h2-3,5,7,10,12H,4,6,8-9H2,1H3. The van der Waals surface area contributed by atoms with Gasteiger partial charge in [-0.2, -0.15) is 0 Å². The maximum atomic E-state index is 12.6. The average molecular weight is 295 g/mol. The molecule has 6 nitrogen and oxygen atoms in total. The Balaban J connectivity index is 1.82. The number of sulfonamides is 1. The van der Waals surface area contributed by atoms with Crippen LogP contribution in [0, 0.1) is 11.8 Å². The predicted octanol–water partition coefficient (Wildman–Crippen LogP) is 0.326. The van der Waals surface area contributed by atoms with Gasteiger partial charge in [0.1, 0.15) is 0 Å². The van der Waals surface area contributed by atoms with Crippen LogP contribution in [-0.4, -0.2) is 49.5 Å². The zero-order chi connectivity index (χ0) is 14.3. The maximum absolute atomic E-state index is 12.6. The second-order valence-electron chi connectivity index (χ2n) is 5.44. The lowest BCUT2D eigenvalue weighted by Crippen LogP contribution is -2.45. The van der Waals surface area contributed by atoms with Crippen molar-refractivity contribution < 1.29 is 13.2 Å². The van der Waals surface area contributed by atoms with Crippen LogP contribution < -0.4 is 4.90 Å². The van der Waals surface area contributed by atoms with Gasteiger partial charge in [0.05, 0.1) is 24.1 Å². The first kappa shape index (κ1) is 13.5. The van der Waals surface area contributed by atoms with Gasteiger partial charge in [0.25, 0.3) is 0 Å². The van der Waals surface area contributed by atoms with Gasteiger partial charge in [-0.05, 0) is 24.5 Å². The van der Waals surface area contributed by atoms with Gasteiger partial charge in [0, 0.05) is 25.8 Å². The second-order valence-corrected chi connectivity index (χ2v) is 7.42. The second kappa shape index (κ2) is 4.82. The Morgan fingerprint density at radius 1 is 1.35 bits per heavy atom.